The number of nitrogens with zero attached hydrogens (tertiary/aromatic N) is 1. The summed E-state index contributed by atoms with van der Waals surface area (Å²) in [7, 11) is -3.89. The van der Waals surface area contributed by atoms with Gasteiger partial charge < -0.3 is 5.32 Å². The van der Waals surface area contributed by atoms with Crippen molar-refractivity contribution in [2.45, 2.75) is 30.3 Å². The van der Waals surface area contributed by atoms with Gasteiger partial charge in [-0.1, -0.05) is 12.1 Å². The molecular formula is C18H18F2N2O3S. The fourth-order valence-corrected chi connectivity index (χ4v) is 4.64. The van der Waals surface area contributed by atoms with E-state index in [1.54, 1.807) is 6.07 Å². The van der Waals surface area contributed by atoms with Crippen LogP contribution in [0.4, 0.5) is 8.78 Å². The van der Waals surface area contributed by atoms with E-state index in [0.29, 0.717) is 18.4 Å². The molecule has 1 aliphatic heterocycles. The van der Waals surface area contributed by atoms with Gasteiger partial charge in [0.2, 0.25) is 15.9 Å². The molecule has 1 saturated heterocycles. The van der Waals surface area contributed by atoms with Gasteiger partial charge in [-0.15, -0.1) is 0 Å². The molecule has 26 heavy (non-hydrogen) atoms. The van der Waals surface area contributed by atoms with Crippen LogP contribution in [-0.4, -0.2) is 31.2 Å². The van der Waals surface area contributed by atoms with E-state index < -0.39 is 33.6 Å². The van der Waals surface area contributed by atoms with Gasteiger partial charge in [0.1, 0.15) is 17.7 Å². The molecule has 0 radical (unpaired) electrons. The molecule has 1 aliphatic rings. The Hall–Kier alpha value is -2.32. The predicted octanol–water partition coefficient (Wildman–Crippen LogP) is 2.43. The molecule has 0 saturated carbocycles. The number of benzene rings is 2. The van der Waals surface area contributed by atoms with Crippen molar-refractivity contribution in [3.63, 3.8) is 0 Å². The molecule has 1 atom stereocenters. The minimum absolute atomic E-state index is 0.0521. The van der Waals surface area contributed by atoms with E-state index in [1.165, 1.54) is 30.3 Å². The SMILES string of the molecule is O=C(NCc1cccc(F)c1)[C@H]1CCCN1S(=O)(=O)c1ccc(F)cc1. The van der Waals surface area contributed by atoms with Crippen molar-refractivity contribution in [3.05, 3.63) is 65.7 Å². The Morgan fingerprint density at radius 3 is 2.54 bits per heavy atom. The second-order valence-electron chi connectivity index (χ2n) is 6.08. The third-order valence-corrected chi connectivity index (χ3v) is 6.20. The molecule has 0 spiro atoms. The van der Waals surface area contributed by atoms with Crippen LogP contribution in [-0.2, 0) is 21.4 Å². The van der Waals surface area contributed by atoms with Crippen LogP contribution >= 0.6 is 0 Å². The number of nitrogens with one attached hydrogen (secondary N) is 1. The quantitative estimate of drug-likeness (QED) is 0.866. The van der Waals surface area contributed by atoms with Crippen LogP contribution in [0, 0.1) is 11.6 Å². The van der Waals surface area contributed by atoms with E-state index in [4.69, 9.17) is 0 Å². The van der Waals surface area contributed by atoms with Crippen LogP contribution < -0.4 is 5.32 Å². The molecule has 0 aromatic heterocycles. The average molecular weight is 380 g/mol. The lowest BCUT2D eigenvalue weighted by Crippen LogP contribution is -2.45. The zero-order valence-electron chi connectivity index (χ0n) is 13.9. The van der Waals surface area contributed by atoms with Gasteiger partial charge >= 0.3 is 0 Å². The predicted molar refractivity (Wildman–Crippen MR) is 91.6 cm³/mol. The first-order valence-electron chi connectivity index (χ1n) is 8.17. The highest BCUT2D eigenvalue weighted by Crippen LogP contribution is 2.26. The molecular weight excluding hydrogens is 362 g/mol. The lowest BCUT2D eigenvalue weighted by Gasteiger charge is -2.23. The van der Waals surface area contributed by atoms with Crippen LogP contribution in [0.1, 0.15) is 18.4 Å². The first kappa shape index (κ1) is 18.5. The topological polar surface area (TPSA) is 66.5 Å². The van der Waals surface area contributed by atoms with Gasteiger partial charge in [0, 0.05) is 13.1 Å². The first-order valence-corrected chi connectivity index (χ1v) is 9.61. The molecule has 1 heterocycles. The number of hydrogen-bond acceptors (Lipinski definition) is 3. The zero-order chi connectivity index (χ0) is 18.7. The van der Waals surface area contributed by atoms with Crippen molar-refractivity contribution in [1.82, 2.24) is 9.62 Å². The van der Waals surface area contributed by atoms with Crippen LogP contribution in [0.5, 0.6) is 0 Å². The lowest BCUT2D eigenvalue weighted by atomic mass is 10.2. The molecule has 0 unspecified atom stereocenters. The van der Waals surface area contributed by atoms with E-state index in [0.717, 1.165) is 16.4 Å². The van der Waals surface area contributed by atoms with Crippen LogP contribution in [0.2, 0.25) is 0 Å². The van der Waals surface area contributed by atoms with Crippen molar-refractivity contribution < 1.29 is 22.0 Å². The fraction of sp³-hybridized carbons (Fsp3) is 0.278. The van der Waals surface area contributed by atoms with Gasteiger partial charge in [-0.2, -0.15) is 4.31 Å². The highest BCUT2D eigenvalue weighted by atomic mass is 32.2. The summed E-state index contributed by atoms with van der Waals surface area (Å²) in [6.45, 7) is 0.329. The molecule has 2 aromatic rings. The van der Waals surface area contributed by atoms with Gasteiger partial charge in [-0.05, 0) is 54.8 Å². The third kappa shape index (κ3) is 3.91. The molecule has 3 rings (SSSR count). The van der Waals surface area contributed by atoms with E-state index in [9.17, 15) is 22.0 Å². The number of carbonyl (C=O) groups is 1. The second-order valence-corrected chi connectivity index (χ2v) is 7.97. The molecule has 0 aliphatic carbocycles. The summed E-state index contributed by atoms with van der Waals surface area (Å²) in [5, 5.41) is 2.66. The standard InChI is InChI=1S/C18H18F2N2O3S/c19-14-6-8-16(9-7-14)26(24,25)22-10-2-5-17(22)18(23)21-12-13-3-1-4-15(20)11-13/h1,3-4,6-9,11,17H,2,5,10,12H2,(H,21,23)/t17-/m1/s1. The summed E-state index contributed by atoms with van der Waals surface area (Å²) >= 11 is 0. The fourth-order valence-electron chi connectivity index (χ4n) is 2.99. The van der Waals surface area contributed by atoms with E-state index in [1.807, 2.05) is 0 Å². The van der Waals surface area contributed by atoms with Crippen LogP contribution in [0.15, 0.2) is 53.4 Å². The maximum absolute atomic E-state index is 13.2. The van der Waals surface area contributed by atoms with Crippen LogP contribution in [0.3, 0.4) is 0 Å². The number of sulfonamides is 1. The summed E-state index contributed by atoms with van der Waals surface area (Å²) in [6.07, 6.45) is 0.952. The lowest BCUT2D eigenvalue weighted by molar-refractivity contribution is -0.124. The molecule has 1 N–H and O–H groups in total. The van der Waals surface area contributed by atoms with Gasteiger partial charge in [-0.25, -0.2) is 17.2 Å². The van der Waals surface area contributed by atoms with Crippen molar-refractivity contribution in [1.29, 1.82) is 0 Å². The Kier molecular flexibility index (Phi) is 5.33. The van der Waals surface area contributed by atoms with Crippen molar-refractivity contribution >= 4 is 15.9 Å². The minimum atomic E-state index is -3.89. The normalized spacial score (nSPS) is 18.0. The maximum Gasteiger partial charge on any atom is 0.243 e. The Labute approximate surface area is 150 Å². The van der Waals surface area contributed by atoms with Crippen molar-refractivity contribution in [2.75, 3.05) is 6.54 Å². The summed E-state index contributed by atoms with van der Waals surface area (Å²) < 4.78 is 52.9. The second kappa shape index (κ2) is 7.51. The van der Waals surface area contributed by atoms with Crippen LogP contribution in [0.25, 0.3) is 0 Å². The Balaban J connectivity index is 1.72. The van der Waals surface area contributed by atoms with Gasteiger partial charge in [0.25, 0.3) is 0 Å². The molecule has 2 aromatic carbocycles. The largest absolute Gasteiger partial charge is 0.351 e. The molecule has 1 amide bonds. The summed E-state index contributed by atoms with van der Waals surface area (Å²) in [6, 6.07) is 9.50. The van der Waals surface area contributed by atoms with Gasteiger partial charge in [0.05, 0.1) is 4.90 Å². The number of rotatable bonds is 5. The summed E-state index contributed by atoms with van der Waals surface area (Å²) in [4.78, 5) is 12.4. The van der Waals surface area contributed by atoms with Crippen molar-refractivity contribution in [3.8, 4) is 0 Å². The maximum atomic E-state index is 13.2. The molecule has 0 bridgehead atoms. The van der Waals surface area contributed by atoms with E-state index in [2.05, 4.69) is 5.32 Å². The zero-order valence-corrected chi connectivity index (χ0v) is 14.7. The molecule has 5 nitrogen and oxygen atoms in total. The van der Waals surface area contributed by atoms with Gasteiger partial charge in [0.15, 0.2) is 0 Å². The number of halogens is 2. The monoisotopic (exact) mass is 380 g/mol. The Morgan fingerprint density at radius 1 is 1.12 bits per heavy atom. The van der Waals surface area contributed by atoms with Crippen molar-refractivity contribution in [2.24, 2.45) is 0 Å². The number of amides is 1. The number of hydrogen-bond donors (Lipinski definition) is 1. The minimum Gasteiger partial charge on any atom is -0.351 e. The molecule has 138 valence electrons. The smallest absolute Gasteiger partial charge is 0.243 e. The highest BCUT2D eigenvalue weighted by Gasteiger charge is 2.39. The third-order valence-electron chi connectivity index (χ3n) is 4.28. The first-order chi connectivity index (χ1) is 12.4. The number of carbonyl (C=O) groups excluding carboxylic acids is 1. The molecule has 8 heteroatoms. The summed E-state index contributed by atoms with van der Waals surface area (Å²) in [5.41, 5.74) is 0.587. The Bertz CT molecular complexity index is 901. The highest BCUT2D eigenvalue weighted by molar-refractivity contribution is 7.89. The molecule has 1 fully saturated rings. The van der Waals surface area contributed by atoms with Gasteiger partial charge in [-0.3, -0.25) is 4.79 Å². The average Bonchev–Trinajstić information content (AvgIpc) is 3.11. The van der Waals surface area contributed by atoms with E-state index >= 15 is 0 Å². The summed E-state index contributed by atoms with van der Waals surface area (Å²) in [5.74, 6) is -1.37. The Morgan fingerprint density at radius 2 is 1.85 bits per heavy atom. The van der Waals surface area contributed by atoms with E-state index in [-0.39, 0.29) is 18.0 Å².